The van der Waals surface area contributed by atoms with E-state index in [0.717, 1.165) is 5.69 Å². The lowest BCUT2D eigenvalue weighted by molar-refractivity contribution is -0.121. The van der Waals surface area contributed by atoms with Gasteiger partial charge in [-0.05, 0) is 5.92 Å². The third-order valence-electron chi connectivity index (χ3n) is 2.87. The summed E-state index contributed by atoms with van der Waals surface area (Å²) in [6.07, 6.45) is 6.11. The Morgan fingerprint density at radius 2 is 2.40 bits per heavy atom. The van der Waals surface area contributed by atoms with Gasteiger partial charge in [-0.2, -0.15) is 0 Å². The van der Waals surface area contributed by atoms with Crippen molar-refractivity contribution in [2.24, 2.45) is 11.7 Å². The molecule has 82 valence electrons. The highest BCUT2D eigenvalue weighted by atomic mass is 16.1. The molecule has 1 heterocycles. The highest BCUT2D eigenvalue weighted by molar-refractivity contribution is 5.78. The van der Waals surface area contributed by atoms with Gasteiger partial charge < -0.3 is 5.73 Å². The number of carbonyl (C=O) groups excluding carboxylic acids is 1. The fourth-order valence-electron chi connectivity index (χ4n) is 1.77. The molecular weight excluding hydrogens is 192 g/mol. The predicted octanol–water partition coefficient (Wildman–Crippen LogP) is 0.496. The smallest absolute Gasteiger partial charge is 0.154 e. The molecular formula is C10H16N4O. The third-order valence-corrected chi connectivity index (χ3v) is 2.87. The molecule has 0 aliphatic heterocycles. The van der Waals surface area contributed by atoms with Crippen LogP contribution in [0.1, 0.15) is 31.4 Å². The lowest BCUT2D eigenvalue weighted by Crippen LogP contribution is -2.19. The Bertz CT molecular complexity index is 343. The minimum Gasteiger partial charge on any atom is -0.325 e. The van der Waals surface area contributed by atoms with Crippen molar-refractivity contribution < 1.29 is 4.79 Å². The molecule has 1 aliphatic carbocycles. The maximum atomic E-state index is 11.6. The van der Waals surface area contributed by atoms with Gasteiger partial charge in [0.05, 0.1) is 11.9 Å². The van der Waals surface area contributed by atoms with E-state index < -0.39 is 0 Å². The summed E-state index contributed by atoms with van der Waals surface area (Å²) in [4.78, 5) is 11.6. The summed E-state index contributed by atoms with van der Waals surface area (Å²) >= 11 is 0. The van der Waals surface area contributed by atoms with E-state index in [-0.39, 0.29) is 5.78 Å². The molecule has 0 atom stereocenters. The first-order valence-electron chi connectivity index (χ1n) is 5.38. The Morgan fingerprint density at radius 3 is 2.93 bits per heavy atom. The van der Waals surface area contributed by atoms with E-state index in [2.05, 4.69) is 10.3 Å². The van der Waals surface area contributed by atoms with Crippen LogP contribution in [0.2, 0.25) is 0 Å². The normalized spacial score (nSPS) is 16.3. The SMILES string of the molecule is NCc1cn(CC(=O)CC2CCC2)nn1. The molecule has 1 fully saturated rings. The quantitative estimate of drug-likeness (QED) is 0.764. The number of aromatic nitrogens is 3. The predicted molar refractivity (Wildman–Crippen MR) is 54.9 cm³/mol. The molecule has 5 nitrogen and oxygen atoms in total. The van der Waals surface area contributed by atoms with Gasteiger partial charge in [0.1, 0.15) is 6.54 Å². The van der Waals surface area contributed by atoms with Crippen molar-refractivity contribution >= 4 is 5.78 Å². The minimum absolute atomic E-state index is 0.244. The molecule has 0 spiro atoms. The van der Waals surface area contributed by atoms with Gasteiger partial charge >= 0.3 is 0 Å². The number of nitrogens with two attached hydrogens (primary N) is 1. The highest BCUT2D eigenvalue weighted by Crippen LogP contribution is 2.29. The average Bonchev–Trinajstić information content (AvgIpc) is 2.59. The van der Waals surface area contributed by atoms with E-state index in [0.29, 0.717) is 25.4 Å². The van der Waals surface area contributed by atoms with E-state index in [1.807, 2.05) is 0 Å². The van der Waals surface area contributed by atoms with E-state index >= 15 is 0 Å². The Balaban J connectivity index is 1.82. The Kier molecular flexibility index (Phi) is 3.11. The van der Waals surface area contributed by atoms with Crippen LogP contribution in [0.15, 0.2) is 6.20 Å². The van der Waals surface area contributed by atoms with E-state index in [9.17, 15) is 4.79 Å². The standard InChI is InChI=1S/C10H16N4O/c11-5-9-6-14(13-12-9)7-10(15)4-8-2-1-3-8/h6,8H,1-5,7,11H2. The van der Waals surface area contributed by atoms with E-state index in [1.54, 1.807) is 10.9 Å². The molecule has 1 saturated carbocycles. The summed E-state index contributed by atoms with van der Waals surface area (Å²) in [6.45, 7) is 0.709. The third kappa shape index (κ3) is 2.62. The molecule has 0 bridgehead atoms. The summed E-state index contributed by atoms with van der Waals surface area (Å²) < 4.78 is 1.57. The second kappa shape index (κ2) is 4.53. The molecule has 5 heteroatoms. The maximum absolute atomic E-state index is 11.6. The van der Waals surface area contributed by atoms with Crippen LogP contribution in [0.5, 0.6) is 0 Å². The molecule has 1 aromatic heterocycles. The lowest BCUT2D eigenvalue weighted by atomic mass is 9.82. The number of nitrogens with zero attached hydrogens (tertiary/aromatic N) is 3. The molecule has 0 aromatic carbocycles. The topological polar surface area (TPSA) is 73.8 Å². The fourth-order valence-corrected chi connectivity index (χ4v) is 1.77. The number of ketones is 1. The van der Waals surface area contributed by atoms with Crippen LogP contribution >= 0.6 is 0 Å². The first kappa shape index (κ1) is 10.3. The Hall–Kier alpha value is -1.23. The van der Waals surface area contributed by atoms with Gasteiger partial charge in [0.15, 0.2) is 5.78 Å². The van der Waals surface area contributed by atoms with Crippen molar-refractivity contribution in [3.05, 3.63) is 11.9 Å². The zero-order chi connectivity index (χ0) is 10.7. The Labute approximate surface area is 88.6 Å². The summed E-state index contributed by atoms with van der Waals surface area (Å²) in [6, 6.07) is 0. The number of carbonyl (C=O) groups is 1. The zero-order valence-electron chi connectivity index (χ0n) is 8.72. The molecule has 1 aliphatic rings. The summed E-state index contributed by atoms with van der Waals surface area (Å²) in [7, 11) is 0. The molecule has 0 radical (unpaired) electrons. The van der Waals surface area contributed by atoms with Crippen molar-refractivity contribution in [2.75, 3.05) is 0 Å². The zero-order valence-corrected chi connectivity index (χ0v) is 8.72. The monoisotopic (exact) mass is 208 g/mol. The van der Waals surface area contributed by atoms with Gasteiger partial charge in [-0.25, -0.2) is 4.68 Å². The summed E-state index contributed by atoms with van der Waals surface area (Å²) in [5.41, 5.74) is 6.13. The van der Waals surface area contributed by atoms with Gasteiger partial charge in [-0.1, -0.05) is 24.5 Å². The maximum Gasteiger partial charge on any atom is 0.154 e. The summed E-state index contributed by atoms with van der Waals surface area (Å²) in [5.74, 6) is 0.864. The average molecular weight is 208 g/mol. The lowest BCUT2D eigenvalue weighted by Gasteiger charge is -2.24. The first-order chi connectivity index (χ1) is 7.28. The fraction of sp³-hybridized carbons (Fsp3) is 0.700. The van der Waals surface area contributed by atoms with Crippen molar-refractivity contribution in [2.45, 2.75) is 38.8 Å². The van der Waals surface area contributed by atoms with Gasteiger partial charge in [0.2, 0.25) is 0 Å². The van der Waals surface area contributed by atoms with Gasteiger partial charge in [-0.3, -0.25) is 4.79 Å². The number of rotatable bonds is 5. The van der Waals surface area contributed by atoms with Crippen molar-refractivity contribution in [1.82, 2.24) is 15.0 Å². The molecule has 0 amide bonds. The molecule has 2 rings (SSSR count). The van der Waals surface area contributed by atoms with Crippen molar-refractivity contribution in [1.29, 1.82) is 0 Å². The highest BCUT2D eigenvalue weighted by Gasteiger charge is 2.20. The van der Waals surface area contributed by atoms with E-state index in [1.165, 1.54) is 19.3 Å². The van der Waals surface area contributed by atoms with Crippen LogP contribution in [-0.4, -0.2) is 20.8 Å². The number of hydrogen-bond acceptors (Lipinski definition) is 4. The molecule has 15 heavy (non-hydrogen) atoms. The van der Waals surface area contributed by atoms with Gasteiger partial charge in [0.25, 0.3) is 0 Å². The molecule has 2 N–H and O–H groups in total. The summed E-state index contributed by atoms with van der Waals surface area (Å²) in [5, 5.41) is 7.68. The van der Waals surface area contributed by atoms with Crippen molar-refractivity contribution in [3.8, 4) is 0 Å². The first-order valence-corrected chi connectivity index (χ1v) is 5.38. The van der Waals surface area contributed by atoms with Gasteiger partial charge in [-0.15, -0.1) is 5.10 Å². The molecule has 0 saturated heterocycles. The largest absolute Gasteiger partial charge is 0.325 e. The second-order valence-electron chi connectivity index (χ2n) is 4.15. The van der Waals surface area contributed by atoms with Crippen LogP contribution in [-0.2, 0) is 17.9 Å². The second-order valence-corrected chi connectivity index (χ2v) is 4.15. The van der Waals surface area contributed by atoms with Crippen LogP contribution in [0, 0.1) is 5.92 Å². The minimum atomic E-state index is 0.244. The van der Waals surface area contributed by atoms with Crippen LogP contribution < -0.4 is 5.73 Å². The molecule has 1 aromatic rings. The van der Waals surface area contributed by atoms with Crippen LogP contribution in [0.25, 0.3) is 0 Å². The van der Waals surface area contributed by atoms with Gasteiger partial charge in [0, 0.05) is 13.0 Å². The van der Waals surface area contributed by atoms with Crippen LogP contribution in [0.4, 0.5) is 0 Å². The number of Topliss-reactive ketones (excluding diaryl/α,β-unsaturated/α-hetero) is 1. The Morgan fingerprint density at radius 1 is 1.60 bits per heavy atom. The van der Waals surface area contributed by atoms with E-state index in [4.69, 9.17) is 5.73 Å². The number of hydrogen-bond donors (Lipinski definition) is 1. The molecule has 0 unspecified atom stereocenters. The van der Waals surface area contributed by atoms with Crippen molar-refractivity contribution in [3.63, 3.8) is 0 Å². The van der Waals surface area contributed by atoms with Crippen LogP contribution in [0.3, 0.4) is 0 Å².